The molecule has 6 heteroatoms. The van der Waals surface area contributed by atoms with Gasteiger partial charge in [0.2, 0.25) is 0 Å². The second kappa shape index (κ2) is 7.71. The van der Waals surface area contributed by atoms with E-state index in [0.717, 1.165) is 13.1 Å². The molecule has 0 aromatic heterocycles. The summed E-state index contributed by atoms with van der Waals surface area (Å²) in [6.45, 7) is 6.92. The van der Waals surface area contributed by atoms with E-state index >= 15 is 0 Å². The molecule has 1 aliphatic rings. The first kappa shape index (κ1) is 14.5. The van der Waals surface area contributed by atoms with Crippen LogP contribution in [0.2, 0.25) is 0 Å². The molecule has 1 rings (SSSR count). The topological polar surface area (TPSA) is 67.9 Å². The second-order valence-corrected chi connectivity index (χ2v) is 3.74. The van der Waals surface area contributed by atoms with Gasteiger partial charge in [0.25, 0.3) is 0 Å². The van der Waals surface area contributed by atoms with Gasteiger partial charge in [-0.15, -0.1) is 0 Å². The lowest BCUT2D eigenvalue weighted by Gasteiger charge is -2.30. The van der Waals surface area contributed by atoms with Crippen molar-refractivity contribution in [2.75, 3.05) is 39.4 Å². The minimum absolute atomic E-state index is 0.275. The monoisotopic (exact) mass is 256 g/mol. The van der Waals surface area contributed by atoms with Crippen molar-refractivity contribution in [1.82, 2.24) is 10.2 Å². The average Bonchev–Trinajstić information content (AvgIpc) is 2.37. The number of esters is 2. The third kappa shape index (κ3) is 4.37. The third-order valence-electron chi connectivity index (χ3n) is 2.48. The Balaban J connectivity index is 2.79. The summed E-state index contributed by atoms with van der Waals surface area (Å²) in [5.74, 6) is -0.994. The first-order chi connectivity index (χ1) is 8.69. The predicted octanol–water partition coefficient (Wildman–Crippen LogP) is -0.0983. The second-order valence-electron chi connectivity index (χ2n) is 3.74. The van der Waals surface area contributed by atoms with Crippen molar-refractivity contribution >= 4 is 11.9 Å². The summed E-state index contributed by atoms with van der Waals surface area (Å²) in [5.41, 5.74) is 0.275. The molecule has 1 N–H and O–H groups in total. The fraction of sp³-hybridized carbons (Fsp3) is 0.667. The van der Waals surface area contributed by atoms with Crippen LogP contribution < -0.4 is 5.32 Å². The smallest absolute Gasteiger partial charge is 0.354 e. The molecule has 1 aliphatic heterocycles. The van der Waals surface area contributed by atoms with Crippen LogP contribution in [-0.4, -0.2) is 56.2 Å². The van der Waals surface area contributed by atoms with Gasteiger partial charge in [-0.2, -0.15) is 0 Å². The maximum absolute atomic E-state index is 11.8. The molecule has 0 aromatic rings. The Morgan fingerprint density at radius 1 is 1.17 bits per heavy atom. The Kier molecular flexibility index (Phi) is 6.21. The number of hydrogen-bond donors (Lipinski definition) is 1. The normalized spacial score (nSPS) is 16.3. The fourth-order valence-corrected chi connectivity index (χ4v) is 1.69. The maximum atomic E-state index is 11.8. The Morgan fingerprint density at radius 3 is 2.33 bits per heavy atom. The number of carbonyl (C=O) groups excluding carboxylic acids is 2. The molecule has 1 fully saturated rings. The van der Waals surface area contributed by atoms with Crippen molar-refractivity contribution in [1.29, 1.82) is 0 Å². The maximum Gasteiger partial charge on any atom is 0.354 e. The summed E-state index contributed by atoms with van der Waals surface area (Å²) in [5, 5.41) is 3.18. The Hall–Kier alpha value is -1.56. The van der Waals surface area contributed by atoms with Crippen LogP contribution in [0.5, 0.6) is 0 Å². The van der Waals surface area contributed by atoms with Gasteiger partial charge in [0.15, 0.2) is 0 Å². The van der Waals surface area contributed by atoms with Crippen LogP contribution in [0.3, 0.4) is 0 Å². The number of hydrogen-bond acceptors (Lipinski definition) is 6. The van der Waals surface area contributed by atoms with E-state index in [1.54, 1.807) is 13.8 Å². The zero-order valence-corrected chi connectivity index (χ0v) is 10.9. The molecule has 0 bridgehead atoms. The molecule has 0 unspecified atom stereocenters. The summed E-state index contributed by atoms with van der Waals surface area (Å²) in [7, 11) is 0. The number of rotatable bonds is 5. The van der Waals surface area contributed by atoms with Gasteiger partial charge in [0, 0.05) is 26.2 Å². The van der Waals surface area contributed by atoms with Crippen molar-refractivity contribution < 1.29 is 19.1 Å². The lowest BCUT2D eigenvalue weighted by Crippen LogP contribution is -2.44. The van der Waals surface area contributed by atoms with Crippen LogP contribution in [0.1, 0.15) is 13.8 Å². The van der Waals surface area contributed by atoms with Gasteiger partial charge in [-0.1, -0.05) is 0 Å². The van der Waals surface area contributed by atoms with E-state index in [4.69, 9.17) is 9.47 Å². The largest absolute Gasteiger partial charge is 0.463 e. The highest BCUT2D eigenvalue weighted by molar-refractivity contribution is 5.95. The van der Waals surface area contributed by atoms with Crippen molar-refractivity contribution in [3.63, 3.8) is 0 Å². The highest BCUT2D eigenvalue weighted by atomic mass is 16.5. The lowest BCUT2D eigenvalue weighted by molar-refractivity contribution is -0.142. The van der Waals surface area contributed by atoms with Gasteiger partial charge in [0.1, 0.15) is 5.70 Å². The van der Waals surface area contributed by atoms with E-state index < -0.39 is 11.9 Å². The van der Waals surface area contributed by atoms with Gasteiger partial charge in [-0.25, -0.2) is 9.59 Å². The van der Waals surface area contributed by atoms with Gasteiger partial charge >= 0.3 is 11.9 Å². The molecular formula is C12H20N2O4. The molecule has 1 heterocycles. The highest BCUT2D eigenvalue weighted by Gasteiger charge is 2.22. The van der Waals surface area contributed by atoms with Crippen LogP contribution in [0.15, 0.2) is 11.8 Å². The molecule has 1 saturated heterocycles. The third-order valence-corrected chi connectivity index (χ3v) is 2.48. The van der Waals surface area contributed by atoms with Crippen LogP contribution in [0.25, 0.3) is 0 Å². The summed E-state index contributed by atoms with van der Waals surface area (Å²) in [6.07, 6.45) is 1.22. The van der Waals surface area contributed by atoms with Gasteiger partial charge in [0.05, 0.1) is 19.3 Å². The summed E-state index contributed by atoms with van der Waals surface area (Å²) in [4.78, 5) is 25.1. The zero-order valence-electron chi connectivity index (χ0n) is 10.9. The molecule has 0 atom stereocenters. The summed E-state index contributed by atoms with van der Waals surface area (Å²) in [6, 6.07) is 0. The first-order valence-electron chi connectivity index (χ1n) is 6.20. The molecule has 0 aliphatic carbocycles. The zero-order chi connectivity index (χ0) is 13.4. The molecule has 0 radical (unpaired) electrons. The van der Waals surface area contributed by atoms with Gasteiger partial charge in [-0.05, 0) is 13.8 Å². The number of ether oxygens (including phenoxy) is 2. The number of piperazine rings is 1. The molecule has 0 aromatic carbocycles. The van der Waals surface area contributed by atoms with E-state index in [1.165, 1.54) is 6.08 Å². The van der Waals surface area contributed by atoms with Crippen molar-refractivity contribution in [2.45, 2.75) is 13.8 Å². The van der Waals surface area contributed by atoms with Crippen LogP contribution in [0.4, 0.5) is 0 Å². The van der Waals surface area contributed by atoms with Gasteiger partial charge < -0.3 is 19.7 Å². The van der Waals surface area contributed by atoms with E-state index in [-0.39, 0.29) is 18.9 Å². The molecule has 6 nitrogen and oxygen atoms in total. The molecular weight excluding hydrogens is 236 g/mol. The standard InChI is InChI=1S/C12H20N2O4/c1-3-17-11(15)9-10(12(16)18-4-2)14-7-5-13-6-8-14/h9,13H,3-8H2,1-2H3. The van der Waals surface area contributed by atoms with Crippen LogP contribution >= 0.6 is 0 Å². The Morgan fingerprint density at radius 2 is 1.78 bits per heavy atom. The summed E-state index contributed by atoms with van der Waals surface area (Å²) >= 11 is 0. The number of nitrogens with zero attached hydrogens (tertiary/aromatic N) is 1. The van der Waals surface area contributed by atoms with E-state index in [2.05, 4.69) is 5.32 Å². The van der Waals surface area contributed by atoms with E-state index in [9.17, 15) is 9.59 Å². The SMILES string of the molecule is CCOC(=O)C=C(C(=O)OCC)N1CCNCC1. The average molecular weight is 256 g/mol. The molecule has 18 heavy (non-hydrogen) atoms. The van der Waals surface area contributed by atoms with E-state index in [1.807, 2.05) is 4.90 Å². The molecule has 102 valence electrons. The minimum atomic E-state index is -0.515. The quantitative estimate of drug-likeness (QED) is 0.547. The lowest BCUT2D eigenvalue weighted by atomic mass is 10.3. The predicted molar refractivity (Wildman–Crippen MR) is 65.8 cm³/mol. The number of nitrogens with one attached hydrogen (secondary N) is 1. The molecule has 0 spiro atoms. The van der Waals surface area contributed by atoms with Crippen molar-refractivity contribution in [3.8, 4) is 0 Å². The van der Waals surface area contributed by atoms with Crippen molar-refractivity contribution in [3.05, 3.63) is 11.8 Å². The molecule has 0 saturated carbocycles. The van der Waals surface area contributed by atoms with E-state index in [0.29, 0.717) is 13.1 Å². The number of carbonyl (C=O) groups is 2. The Labute approximate surface area is 107 Å². The minimum Gasteiger partial charge on any atom is -0.463 e. The fourth-order valence-electron chi connectivity index (χ4n) is 1.69. The Bertz CT molecular complexity index is 322. The highest BCUT2D eigenvalue weighted by Crippen LogP contribution is 2.08. The summed E-state index contributed by atoms with van der Waals surface area (Å²) < 4.78 is 9.79. The first-order valence-corrected chi connectivity index (χ1v) is 6.20. The van der Waals surface area contributed by atoms with Crippen LogP contribution in [-0.2, 0) is 19.1 Å². The van der Waals surface area contributed by atoms with Crippen LogP contribution in [0, 0.1) is 0 Å². The van der Waals surface area contributed by atoms with Gasteiger partial charge in [-0.3, -0.25) is 0 Å². The molecule has 0 amide bonds. The van der Waals surface area contributed by atoms with Crippen molar-refractivity contribution in [2.24, 2.45) is 0 Å².